The first-order valence-electron chi connectivity index (χ1n) is 12.2. The molecular formula is C28H22F2N2O7S2. The van der Waals surface area contributed by atoms with Crippen molar-refractivity contribution >= 4 is 38.2 Å². The van der Waals surface area contributed by atoms with Gasteiger partial charge in [0.05, 0.1) is 29.0 Å². The third-order valence-electron chi connectivity index (χ3n) is 6.04. The van der Waals surface area contributed by atoms with Crippen LogP contribution in [-0.4, -0.2) is 37.6 Å². The van der Waals surface area contributed by atoms with Gasteiger partial charge < -0.3 is 14.2 Å². The number of anilines is 1. The maximum absolute atomic E-state index is 14.4. The molecule has 9 nitrogen and oxygen atoms in total. The second-order valence-corrected chi connectivity index (χ2v) is 12.2. The summed E-state index contributed by atoms with van der Waals surface area (Å²) in [5, 5.41) is 2.58. The van der Waals surface area contributed by atoms with Crippen LogP contribution in [-0.2, 0) is 19.4 Å². The number of hydrogen-bond donors (Lipinski definition) is 1. The third-order valence-corrected chi connectivity index (χ3v) is 9.11. The van der Waals surface area contributed by atoms with Gasteiger partial charge >= 0.3 is 5.97 Å². The summed E-state index contributed by atoms with van der Waals surface area (Å²) in [5.41, 5.74) is 0.514. The van der Waals surface area contributed by atoms with Crippen molar-refractivity contribution in [2.45, 2.75) is 29.1 Å². The highest BCUT2D eigenvalue weighted by Gasteiger charge is 2.37. The first kappa shape index (κ1) is 28.2. The lowest BCUT2D eigenvalue weighted by Gasteiger charge is -2.19. The zero-order valence-electron chi connectivity index (χ0n) is 21.4. The average Bonchev–Trinajstić information content (AvgIpc) is 3.74. The van der Waals surface area contributed by atoms with Gasteiger partial charge in [0.1, 0.15) is 11.6 Å². The van der Waals surface area contributed by atoms with Crippen molar-refractivity contribution in [1.82, 2.24) is 4.98 Å². The Morgan fingerprint density at radius 2 is 1.80 bits per heavy atom. The minimum absolute atomic E-state index is 0.105. The smallest absolute Gasteiger partial charge is 0.337 e. The van der Waals surface area contributed by atoms with Crippen molar-refractivity contribution < 1.29 is 41.0 Å². The number of benzene rings is 3. The number of carbonyl (C=O) groups excluding carboxylic acids is 2. The largest absolute Gasteiger partial charge is 0.473 e. The lowest BCUT2D eigenvalue weighted by molar-refractivity contribution is -0.123. The third kappa shape index (κ3) is 6.52. The number of methoxy groups -OCH3 is 1. The van der Waals surface area contributed by atoms with Crippen molar-refractivity contribution in [3.63, 3.8) is 0 Å². The van der Waals surface area contributed by atoms with Crippen LogP contribution in [0.5, 0.6) is 16.6 Å². The number of halogens is 2. The molecule has 5 rings (SSSR count). The summed E-state index contributed by atoms with van der Waals surface area (Å²) < 4.78 is 69.1. The molecule has 41 heavy (non-hydrogen) atoms. The van der Waals surface area contributed by atoms with Gasteiger partial charge in [-0.1, -0.05) is 29.5 Å². The van der Waals surface area contributed by atoms with Crippen LogP contribution >= 0.6 is 11.3 Å². The van der Waals surface area contributed by atoms with E-state index in [9.17, 15) is 26.8 Å². The highest BCUT2D eigenvalue weighted by atomic mass is 32.2. The molecule has 13 heteroatoms. The Balaban J connectivity index is 1.36. The number of nitrogens with zero attached hydrogens (tertiary/aromatic N) is 1. The van der Waals surface area contributed by atoms with Crippen LogP contribution in [0.4, 0.5) is 13.9 Å². The predicted octanol–water partition coefficient (Wildman–Crippen LogP) is 5.70. The van der Waals surface area contributed by atoms with Crippen LogP contribution in [0.15, 0.2) is 77.8 Å². The van der Waals surface area contributed by atoms with E-state index in [1.54, 1.807) is 18.2 Å². The van der Waals surface area contributed by atoms with Gasteiger partial charge in [0.25, 0.3) is 5.91 Å². The van der Waals surface area contributed by atoms with E-state index in [2.05, 4.69) is 10.3 Å². The number of esters is 1. The van der Waals surface area contributed by atoms with E-state index in [1.807, 2.05) is 0 Å². The molecule has 1 unspecified atom stereocenters. The molecule has 1 fully saturated rings. The first-order valence-corrected chi connectivity index (χ1v) is 14.6. The van der Waals surface area contributed by atoms with E-state index in [-0.39, 0.29) is 26.9 Å². The summed E-state index contributed by atoms with van der Waals surface area (Å²) in [6, 6.07) is 14.5. The van der Waals surface area contributed by atoms with Crippen LogP contribution in [0, 0.1) is 11.6 Å². The highest BCUT2D eigenvalue weighted by molar-refractivity contribution is 7.92. The fraction of sp³-hybridized carbons (Fsp3) is 0.179. The molecule has 0 spiro atoms. The fourth-order valence-electron chi connectivity index (χ4n) is 3.83. The van der Waals surface area contributed by atoms with E-state index in [4.69, 9.17) is 14.2 Å². The Morgan fingerprint density at radius 1 is 1.05 bits per heavy atom. The second-order valence-electron chi connectivity index (χ2n) is 8.98. The van der Waals surface area contributed by atoms with Crippen molar-refractivity contribution in [1.29, 1.82) is 0 Å². The van der Waals surface area contributed by atoms with Crippen LogP contribution < -0.4 is 14.8 Å². The summed E-state index contributed by atoms with van der Waals surface area (Å²) in [6.45, 7) is 0. The highest BCUT2D eigenvalue weighted by Crippen LogP contribution is 2.35. The summed E-state index contributed by atoms with van der Waals surface area (Å²) in [4.78, 5) is 29.3. The SMILES string of the molecule is COC(=O)c1cccc(Oc2cnc(NC(=O)C(Oc3ccc(F)cc3F)c3ccc(S(=O)(=O)C4CC4)cc3)s2)c1. The molecule has 1 amide bonds. The quantitative estimate of drug-likeness (QED) is 0.230. The Morgan fingerprint density at radius 3 is 2.49 bits per heavy atom. The summed E-state index contributed by atoms with van der Waals surface area (Å²) in [7, 11) is -2.21. The second kappa shape index (κ2) is 11.6. The van der Waals surface area contributed by atoms with Gasteiger partial charge in [-0.15, -0.1) is 0 Å². The maximum Gasteiger partial charge on any atom is 0.337 e. The normalized spacial score (nSPS) is 13.7. The molecule has 3 aromatic carbocycles. The molecule has 4 aromatic rings. The lowest BCUT2D eigenvalue weighted by Crippen LogP contribution is -2.26. The molecule has 1 N–H and O–H groups in total. The number of hydrogen-bond acceptors (Lipinski definition) is 9. The van der Waals surface area contributed by atoms with Crippen molar-refractivity contribution in [2.24, 2.45) is 0 Å². The van der Waals surface area contributed by atoms with Gasteiger partial charge in [-0.05, 0) is 55.3 Å². The van der Waals surface area contributed by atoms with Crippen LogP contribution in [0.3, 0.4) is 0 Å². The molecule has 1 heterocycles. The van der Waals surface area contributed by atoms with Crippen LogP contribution in [0.2, 0.25) is 0 Å². The minimum Gasteiger partial charge on any atom is -0.473 e. The van der Waals surface area contributed by atoms with Crippen molar-refractivity contribution in [3.05, 3.63) is 95.7 Å². The van der Waals surface area contributed by atoms with Gasteiger partial charge in [0.2, 0.25) is 11.2 Å². The van der Waals surface area contributed by atoms with Crippen LogP contribution in [0.1, 0.15) is 34.9 Å². The molecule has 1 aliphatic rings. The van der Waals surface area contributed by atoms with Gasteiger partial charge in [-0.3, -0.25) is 10.1 Å². The zero-order chi connectivity index (χ0) is 29.1. The molecule has 0 aliphatic heterocycles. The number of rotatable bonds is 10. The van der Waals surface area contributed by atoms with E-state index in [1.165, 1.54) is 43.6 Å². The molecule has 1 aromatic heterocycles. The number of carbonyl (C=O) groups is 2. The number of aromatic nitrogens is 1. The van der Waals surface area contributed by atoms with E-state index < -0.39 is 44.7 Å². The number of nitrogens with one attached hydrogen (secondary N) is 1. The molecule has 1 aliphatic carbocycles. The van der Waals surface area contributed by atoms with Crippen molar-refractivity contribution in [3.8, 4) is 16.6 Å². The summed E-state index contributed by atoms with van der Waals surface area (Å²) >= 11 is 0.976. The Hall–Kier alpha value is -4.36. The van der Waals surface area contributed by atoms with E-state index in [0.29, 0.717) is 29.7 Å². The minimum atomic E-state index is -3.47. The molecule has 212 valence electrons. The number of amides is 1. The lowest BCUT2D eigenvalue weighted by atomic mass is 10.1. The van der Waals surface area contributed by atoms with E-state index in [0.717, 1.165) is 23.5 Å². The topological polar surface area (TPSA) is 121 Å². The molecule has 1 atom stereocenters. The maximum atomic E-state index is 14.4. The number of thiazole rings is 1. The zero-order valence-corrected chi connectivity index (χ0v) is 23.0. The average molecular weight is 601 g/mol. The predicted molar refractivity (Wildman–Crippen MR) is 145 cm³/mol. The molecule has 0 bridgehead atoms. The molecular weight excluding hydrogens is 578 g/mol. The number of ether oxygens (including phenoxy) is 3. The standard InChI is InChI=1S/C28H22F2N2O7S2/c1-37-27(34)17-3-2-4-19(13-17)38-24-15-31-28(40-24)32-26(33)25(39-23-12-7-18(29)14-22(23)30)16-5-8-20(9-6-16)41(35,36)21-10-11-21/h2-9,12-15,21,25H,10-11H2,1H3,(H,31,32,33). The van der Waals surface area contributed by atoms with Crippen LogP contribution in [0.25, 0.3) is 0 Å². The van der Waals surface area contributed by atoms with Gasteiger partial charge in [0, 0.05) is 11.6 Å². The Kier molecular flexibility index (Phi) is 7.99. The molecule has 0 radical (unpaired) electrons. The Labute approximate surface area is 237 Å². The molecule has 0 saturated heterocycles. The summed E-state index contributed by atoms with van der Waals surface area (Å²) in [5.74, 6) is -3.17. The first-order chi connectivity index (χ1) is 19.6. The summed E-state index contributed by atoms with van der Waals surface area (Å²) in [6.07, 6.45) is 1.10. The van der Waals surface area contributed by atoms with Crippen molar-refractivity contribution in [2.75, 3.05) is 12.4 Å². The Bertz CT molecular complexity index is 1700. The fourth-order valence-corrected chi connectivity index (χ4v) is 6.18. The van der Waals surface area contributed by atoms with Gasteiger partial charge in [0.15, 0.2) is 26.5 Å². The molecule has 1 saturated carbocycles. The van der Waals surface area contributed by atoms with E-state index >= 15 is 0 Å². The monoisotopic (exact) mass is 600 g/mol. The number of sulfone groups is 1. The van der Waals surface area contributed by atoms with Gasteiger partial charge in [-0.25, -0.2) is 27.0 Å². The van der Waals surface area contributed by atoms with Gasteiger partial charge in [-0.2, -0.15) is 0 Å².